The van der Waals surface area contributed by atoms with Crippen LogP contribution in [0.25, 0.3) is 11.1 Å². The number of rotatable bonds is 7. The Kier molecular flexibility index (Phi) is 5.96. The van der Waals surface area contributed by atoms with Gasteiger partial charge in [0.2, 0.25) is 0 Å². The van der Waals surface area contributed by atoms with Crippen molar-refractivity contribution in [3.8, 4) is 0 Å². The molecule has 0 radical (unpaired) electrons. The summed E-state index contributed by atoms with van der Waals surface area (Å²) in [6.45, 7) is 3.41. The highest BCUT2D eigenvalue weighted by Crippen LogP contribution is 2.40. The number of halogens is 1. The molecular weight excluding hydrogens is 316 g/mol. The minimum Gasteiger partial charge on any atom is -0.351 e. The van der Waals surface area contributed by atoms with Crippen LogP contribution in [-0.4, -0.2) is 36.2 Å². The molecule has 0 unspecified atom stereocenters. The highest BCUT2D eigenvalue weighted by atomic mass is 35.5. The summed E-state index contributed by atoms with van der Waals surface area (Å²) in [5.41, 5.74) is 2.91. The van der Waals surface area contributed by atoms with Crippen LogP contribution in [-0.2, 0) is 6.42 Å². The third kappa shape index (κ3) is 3.82. The number of nitrogens with zero attached hydrogens (tertiary/aromatic N) is 2. The number of amides is 1. The van der Waals surface area contributed by atoms with E-state index in [2.05, 4.69) is 27.7 Å². The molecule has 1 aliphatic rings. The van der Waals surface area contributed by atoms with Crippen molar-refractivity contribution in [2.45, 2.75) is 38.5 Å². The van der Waals surface area contributed by atoms with Gasteiger partial charge in [0, 0.05) is 24.7 Å². The molecule has 3 rings (SSSR count). The van der Waals surface area contributed by atoms with E-state index in [1.807, 2.05) is 13.1 Å². The molecule has 0 bridgehead atoms. The van der Waals surface area contributed by atoms with Crippen molar-refractivity contribution in [1.82, 2.24) is 20.8 Å². The number of likely N-dealkylation sites (N-methyl/N-ethyl adjacent to an activating group) is 1. The lowest BCUT2D eigenvalue weighted by Crippen LogP contribution is -2.30. The Balaban J connectivity index is 0.00000192. The molecule has 2 N–H and O–H groups in total. The van der Waals surface area contributed by atoms with E-state index < -0.39 is 0 Å². The van der Waals surface area contributed by atoms with Gasteiger partial charge in [-0.1, -0.05) is 18.5 Å². The number of hydrogen-bond donors (Lipinski definition) is 2. The Morgan fingerprint density at radius 3 is 2.83 bits per heavy atom. The molecule has 0 spiro atoms. The van der Waals surface area contributed by atoms with Gasteiger partial charge in [-0.2, -0.15) is 0 Å². The van der Waals surface area contributed by atoms with Crippen molar-refractivity contribution >= 4 is 29.4 Å². The minimum absolute atomic E-state index is 0. The molecule has 2 heterocycles. The van der Waals surface area contributed by atoms with Gasteiger partial charge >= 0.3 is 0 Å². The zero-order valence-corrected chi connectivity index (χ0v) is 14.3. The summed E-state index contributed by atoms with van der Waals surface area (Å²) in [7, 11) is 1.86. The fourth-order valence-corrected chi connectivity index (χ4v) is 2.60. The summed E-state index contributed by atoms with van der Waals surface area (Å²) < 4.78 is 5.38. The fraction of sp³-hybridized carbons (Fsp3) is 0.562. The molecule has 7 heteroatoms. The lowest BCUT2D eigenvalue weighted by molar-refractivity contribution is 0.0955. The molecule has 0 atom stereocenters. The first kappa shape index (κ1) is 17.7. The third-order valence-corrected chi connectivity index (χ3v) is 3.92. The van der Waals surface area contributed by atoms with Crippen LogP contribution in [0, 0.1) is 0 Å². The van der Waals surface area contributed by atoms with E-state index in [0.29, 0.717) is 23.7 Å². The zero-order chi connectivity index (χ0) is 15.5. The molecule has 1 saturated carbocycles. The van der Waals surface area contributed by atoms with Crippen molar-refractivity contribution in [2.24, 2.45) is 0 Å². The van der Waals surface area contributed by atoms with Gasteiger partial charge in [-0.05, 0) is 32.4 Å². The molecule has 1 amide bonds. The minimum atomic E-state index is -0.0786. The predicted molar refractivity (Wildman–Crippen MR) is 91.3 cm³/mol. The summed E-state index contributed by atoms with van der Waals surface area (Å²) in [6.07, 6.45) is 4.01. The van der Waals surface area contributed by atoms with Crippen LogP contribution in [0.5, 0.6) is 0 Å². The second kappa shape index (κ2) is 7.75. The van der Waals surface area contributed by atoms with Crippen molar-refractivity contribution in [3.05, 3.63) is 23.0 Å². The van der Waals surface area contributed by atoms with Gasteiger partial charge < -0.3 is 15.2 Å². The molecule has 0 aliphatic heterocycles. The molecule has 1 fully saturated rings. The highest BCUT2D eigenvalue weighted by Gasteiger charge is 2.28. The number of carbonyl (C=O) groups excluding carboxylic acids is 1. The number of aryl methyl sites for hydroxylation is 1. The van der Waals surface area contributed by atoms with Gasteiger partial charge in [-0.15, -0.1) is 12.4 Å². The largest absolute Gasteiger partial charge is 0.351 e. The molecule has 2 aromatic heterocycles. The Morgan fingerprint density at radius 1 is 1.39 bits per heavy atom. The van der Waals surface area contributed by atoms with Crippen LogP contribution in [0.4, 0.5) is 0 Å². The molecule has 1 aliphatic carbocycles. The maximum absolute atomic E-state index is 12.5. The topological polar surface area (TPSA) is 80.0 Å². The van der Waals surface area contributed by atoms with E-state index >= 15 is 0 Å². The van der Waals surface area contributed by atoms with Crippen molar-refractivity contribution < 1.29 is 9.32 Å². The Labute approximate surface area is 141 Å². The standard InChI is InChI=1S/C16H22N4O2.ClH/c1-3-4-12-14-11(15(21)18-8-7-17-2)9-13(10-5-6-10)19-16(14)22-20-12;/h9-10,17H,3-8H2,1-2H3,(H,18,21);1H. The Hall–Kier alpha value is -1.66. The summed E-state index contributed by atoms with van der Waals surface area (Å²) in [5, 5.41) is 10.8. The number of carbonyl (C=O) groups is 1. The number of nitrogens with one attached hydrogen (secondary N) is 2. The number of pyridine rings is 1. The van der Waals surface area contributed by atoms with Crippen LogP contribution in [0.1, 0.15) is 53.8 Å². The first-order valence-corrected chi connectivity index (χ1v) is 7.96. The lowest BCUT2D eigenvalue weighted by Gasteiger charge is -2.08. The van der Waals surface area contributed by atoms with E-state index in [4.69, 9.17) is 4.52 Å². The monoisotopic (exact) mass is 338 g/mol. The third-order valence-electron chi connectivity index (χ3n) is 3.92. The molecule has 0 saturated heterocycles. The lowest BCUT2D eigenvalue weighted by atomic mass is 10.1. The summed E-state index contributed by atoms with van der Waals surface area (Å²) >= 11 is 0. The van der Waals surface area contributed by atoms with E-state index in [1.54, 1.807) is 0 Å². The van der Waals surface area contributed by atoms with Gasteiger partial charge in [0.25, 0.3) is 11.6 Å². The molecule has 23 heavy (non-hydrogen) atoms. The van der Waals surface area contributed by atoms with Crippen LogP contribution < -0.4 is 10.6 Å². The van der Waals surface area contributed by atoms with Crippen molar-refractivity contribution in [1.29, 1.82) is 0 Å². The number of hydrogen-bond acceptors (Lipinski definition) is 5. The molecule has 126 valence electrons. The first-order chi connectivity index (χ1) is 10.7. The van der Waals surface area contributed by atoms with E-state index in [0.717, 1.165) is 49.0 Å². The van der Waals surface area contributed by atoms with Gasteiger partial charge in [-0.25, -0.2) is 4.98 Å². The maximum atomic E-state index is 12.5. The normalized spacial score (nSPS) is 13.8. The van der Waals surface area contributed by atoms with Gasteiger partial charge in [0.15, 0.2) is 0 Å². The molecule has 0 aromatic carbocycles. The first-order valence-electron chi connectivity index (χ1n) is 7.96. The van der Waals surface area contributed by atoms with Crippen molar-refractivity contribution in [3.63, 3.8) is 0 Å². The van der Waals surface area contributed by atoms with Crippen LogP contribution >= 0.6 is 12.4 Å². The highest BCUT2D eigenvalue weighted by molar-refractivity contribution is 6.06. The number of aromatic nitrogens is 2. The molecule has 6 nitrogen and oxygen atoms in total. The van der Waals surface area contributed by atoms with E-state index in [9.17, 15) is 4.79 Å². The van der Waals surface area contributed by atoms with Crippen molar-refractivity contribution in [2.75, 3.05) is 20.1 Å². The average molecular weight is 339 g/mol. The van der Waals surface area contributed by atoms with Gasteiger partial charge in [0.1, 0.15) is 0 Å². The van der Waals surface area contributed by atoms with Crippen LogP contribution in [0.2, 0.25) is 0 Å². The maximum Gasteiger partial charge on any atom is 0.259 e. The molecule has 2 aromatic rings. The van der Waals surface area contributed by atoms with Gasteiger partial charge in [0.05, 0.1) is 16.6 Å². The summed E-state index contributed by atoms with van der Waals surface area (Å²) in [5.74, 6) is 0.387. The molecular formula is C16H23ClN4O2. The van der Waals surface area contributed by atoms with Crippen LogP contribution in [0.15, 0.2) is 10.6 Å². The van der Waals surface area contributed by atoms with Crippen LogP contribution in [0.3, 0.4) is 0 Å². The second-order valence-corrected chi connectivity index (χ2v) is 5.79. The van der Waals surface area contributed by atoms with E-state index in [1.165, 1.54) is 0 Å². The SMILES string of the molecule is CCCc1noc2nc(C3CC3)cc(C(=O)NCCNC)c12.Cl. The smallest absolute Gasteiger partial charge is 0.259 e. The average Bonchev–Trinajstić information content (AvgIpc) is 3.29. The summed E-state index contributed by atoms with van der Waals surface area (Å²) in [6, 6.07) is 1.92. The zero-order valence-electron chi connectivity index (χ0n) is 13.5. The predicted octanol–water partition coefficient (Wildman–Crippen LogP) is 2.42. The Morgan fingerprint density at radius 2 is 2.17 bits per heavy atom. The quantitative estimate of drug-likeness (QED) is 0.758. The Bertz CT molecular complexity index is 682. The van der Waals surface area contributed by atoms with E-state index in [-0.39, 0.29) is 18.3 Å². The van der Waals surface area contributed by atoms with Gasteiger partial charge in [-0.3, -0.25) is 4.79 Å². The fourth-order valence-electron chi connectivity index (χ4n) is 2.60. The second-order valence-electron chi connectivity index (χ2n) is 5.79. The number of fused-ring (bicyclic) bond motifs is 1. The summed E-state index contributed by atoms with van der Waals surface area (Å²) in [4.78, 5) is 17.1.